The average Bonchev–Trinajstić information content (AvgIpc) is 3.31. The number of hydrogen-bond acceptors (Lipinski definition) is 7. The SMILES string of the molecule is CO.CSc1ncc2cc(-c3c(F)ccc(NSC4CCCC4)c3F)c(=O)n(C)c2n1. The van der Waals surface area contributed by atoms with Crippen molar-refractivity contribution >= 4 is 40.4 Å². The number of nitrogens with zero attached hydrogens (tertiary/aromatic N) is 3. The summed E-state index contributed by atoms with van der Waals surface area (Å²) in [4.78, 5) is 21.4. The van der Waals surface area contributed by atoms with Crippen LogP contribution in [0.2, 0.25) is 0 Å². The van der Waals surface area contributed by atoms with Gasteiger partial charge in [-0.3, -0.25) is 9.36 Å². The molecule has 10 heteroatoms. The number of aromatic nitrogens is 3. The van der Waals surface area contributed by atoms with E-state index in [9.17, 15) is 9.18 Å². The number of fused-ring (bicyclic) bond motifs is 1. The molecule has 6 nitrogen and oxygen atoms in total. The fourth-order valence-corrected chi connectivity index (χ4v) is 4.90. The molecule has 0 unspecified atom stereocenters. The van der Waals surface area contributed by atoms with Gasteiger partial charge in [-0.1, -0.05) is 24.6 Å². The molecule has 1 aliphatic carbocycles. The van der Waals surface area contributed by atoms with Gasteiger partial charge in [0.25, 0.3) is 5.56 Å². The highest BCUT2D eigenvalue weighted by molar-refractivity contribution is 8.01. The molecule has 3 aromatic rings. The van der Waals surface area contributed by atoms with Crippen molar-refractivity contribution in [2.45, 2.75) is 36.1 Å². The number of nitrogens with one attached hydrogen (secondary N) is 1. The zero-order valence-corrected chi connectivity index (χ0v) is 19.1. The van der Waals surface area contributed by atoms with Crippen LogP contribution in [0.4, 0.5) is 14.5 Å². The van der Waals surface area contributed by atoms with Gasteiger partial charge in [0, 0.05) is 31.0 Å². The second-order valence-electron chi connectivity index (χ2n) is 6.97. The lowest BCUT2D eigenvalue weighted by Crippen LogP contribution is -2.21. The van der Waals surface area contributed by atoms with E-state index in [4.69, 9.17) is 5.11 Å². The predicted octanol–water partition coefficient (Wildman–Crippen LogP) is 4.61. The summed E-state index contributed by atoms with van der Waals surface area (Å²) < 4.78 is 34.2. The maximum absolute atomic E-state index is 15.2. The fourth-order valence-electron chi connectivity index (χ4n) is 3.54. The molecule has 1 saturated carbocycles. The third-order valence-electron chi connectivity index (χ3n) is 5.11. The largest absolute Gasteiger partial charge is 0.400 e. The molecule has 0 saturated heterocycles. The number of aryl methyl sites for hydroxylation is 1. The Morgan fingerprint density at radius 1 is 1.23 bits per heavy atom. The van der Waals surface area contributed by atoms with Crippen molar-refractivity contribution in [2.24, 2.45) is 7.05 Å². The summed E-state index contributed by atoms with van der Waals surface area (Å²) >= 11 is 2.81. The topological polar surface area (TPSA) is 80.0 Å². The average molecular weight is 467 g/mol. The summed E-state index contributed by atoms with van der Waals surface area (Å²) in [6.07, 6.45) is 7.90. The van der Waals surface area contributed by atoms with Crippen LogP contribution in [-0.2, 0) is 7.05 Å². The van der Waals surface area contributed by atoms with E-state index in [1.54, 1.807) is 13.2 Å². The minimum absolute atomic E-state index is 0.0509. The van der Waals surface area contributed by atoms with E-state index in [-0.39, 0.29) is 16.8 Å². The van der Waals surface area contributed by atoms with E-state index in [1.165, 1.54) is 59.3 Å². The zero-order chi connectivity index (χ0) is 22.5. The van der Waals surface area contributed by atoms with E-state index in [0.29, 0.717) is 21.4 Å². The van der Waals surface area contributed by atoms with E-state index < -0.39 is 17.2 Å². The van der Waals surface area contributed by atoms with Gasteiger partial charge in [-0.15, -0.1) is 0 Å². The summed E-state index contributed by atoms with van der Waals surface area (Å²) in [5, 5.41) is 8.48. The standard InChI is InChI=1S/C20H20F2N4OS2.CH4O/c1-26-18-11(10-23-20(24-18)28-2)9-13(19(26)27)16-14(21)7-8-15(17(16)22)25-29-12-5-3-4-6-12;1-2/h7-10,12,25H,3-6H2,1-2H3;2H,1H3. The smallest absolute Gasteiger partial charge is 0.260 e. The Bertz CT molecular complexity index is 1130. The maximum Gasteiger partial charge on any atom is 0.260 e. The molecule has 2 aromatic heterocycles. The van der Waals surface area contributed by atoms with Crippen LogP contribution in [-0.4, -0.2) is 38.3 Å². The number of aliphatic hydroxyl groups is 1. The summed E-state index contributed by atoms with van der Waals surface area (Å²) in [7, 11) is 2.54. The minimum atomic E-state index is -0.781. The second kappa shape index (κ2) is 10.4. The van der Waals surface area contributed by atoms with Gasteiger partial charge in [0.15, 0.2) is 11.0 Å². The minimum Gasteiger partial charge on any atom is -0.400 e. The third-order valence-corrected chi connectivity index (χ3v) is 6.81. The van der Waals surface area contributed by atoms with Crippen molar-refractivity contribution in [2.75, 3.05) is 18.1 Å². The van der Waals surface area contributed by atoms with Gasteiger partial charge in [0.05, 0.1) is 16.8 Å². The molecule has 0 amide bonds. The predicted molar refractivity (Wildman–Crippen MR) is 124 cm³/mol. The van der Waals surface area contributed by atoms with Crippen LogP contribution in [0, 0.1) is 11.6 Å². The second-order valence-corrected chi connectivity index (χ2v) is 8.85. The number of thioether (sulfide) groups is 1. The Kier molecular flexibility index (Phi) is 7.90. The number of rotatable bonds is 5. The van der Waals surface area contributed by atoms with Crippen LogP contribution >= 0.6 is 23.7 Å². The lowest BCUT2D eigenvalue weighted by atomic mass is 10.0. The highest BCUT2D eigenvalue weighted by Gasteiger charge is 2.22. The molecule has 0 bridgehead atoms. The van der Waals surface area contributed by atoms with Crippen molar-refractivity contribution in [3.8, 4) is 11.1 Å². The van der Waals surface area contributed by atoms with Crippen LogP contribution in [0.5, 0.6) is 0 Å². The molecule has 4 rings (SSSR count). The normalized spacial score (nSPS) is 13.9. The summed E-state index contributed by atoms with van der Waals surface area (Å²) in [6, 6.07) is 4.01. The van der Waals surface area contributed by atoms with Gasteiger partial charge in [0.2, 0.25) is 0 Å². The van der Waals surface area contributed by atoms with Gasteiger partial charge < -0.3 is 9.83 Å². The molecule has 166 valence electrons. The Morgan fingerprint density at radius 2 is 1.94 bits per heavy atom. The first-order chi connectivity index (χ1) is 15.0. The molecule has 2 heterocycles. The first-order valence-electron chi connectivity index (χ1n) is 9.75. The molecule has 0 spiro atoms. The molecule has 31 heavy (non-hydrogen) atoms. The summed E-state index contributed by atoms with van der Waals surface area (Å²) in [5.74, 6) is -1.55. The molecule has 0 atom stereocenters. The highest BCUT2D eigenvalue weighted by Crippen LogP contribution is 2.34. The Balaban J connectivity index is 0.00000132. The van der Waals surface area contributed by atoms with E-state index in [1.807, 2.05) is 6.26 Å². The van der Waals surface area contributed by atoms with Gasteiger partial charge in [-0.05, 0) is 49.2 Å². The molecule has 1 aromatic carbocycles. The summed E-state index contributed by atoms with van der Waals surface area (Å²) in [5.41, 5.74) is -0.301. The van der Waals surface area contributed by atoms with E-state index in [2.05, 4.69) is 14.7 Å². The first kappa shape index (κ1) is 23.5. The van der Waals surface area contributed by atoms with Gasteiger partial charge in [-0.2, -0.15) is 0 Å². The van der Waals surface area contributed by atoms with Crippen LogP contribution in [0.25, 0.3) is 22.2 Å². The van der Waals surface area contributed by atoms with Crippen molar-refractivity contribution in [1.82, 2.24) is 14.5 Å². The van der Waals surface area contributed by atoms with Crippen molar-refractivity contribution in [3.05, 3.63) is 46.4 Å². The lowest BCUT2D eigenvalue weighted by molar-refractivity contribution is 0.399. The van der Waals surface area contributed by atoms with Crippen LogP contribution in [0.15, 0.2) is 34.3 Å². The van der Waals surface area contributed by atoms with E-state index >= 15 is 4.39 Å². The van der Waals surface area contributed by atoms with Crippen LogP contribution in [0.1, 0.15) is 25.7 Å². The van der Waals surface area contributed by atoms with Crippen LogP contribution in [0.3, 0.4) is 0 Å². The molecule has 0 aliphatic heterocycles. The van der Waals surface area contributed by atoms with Gasteiger partial charge in [-0.25, -0.2) is 18.7 Å². The van der Waals surface area contributed by atoms with Gasteiger partial charge in [0.1, 0.15) is 11.5 Å². The number of benzene rings is 1. The van der Waals surface area contributed by atoms with Crippen LogP contribution < -0.4 is 10.3 Å². The van der Waals surface area contributed by atoms with Crippen molar-refractivity contribution in [3.63, 3.8) is 0 Å². The molecule has 1 fully saturated rings. The zero-order valence-electron chi connectivity index (χ0n) is 17.5. The monoisotopic (exact) mass is 466 g/mol. The number of hydrogen-bond donors (Lipinski definition) is 2. The lowest BCUT2D eigenvalue weighted by Gasteiger charge is -2.15. The molecular formula is C21H24F2N4O2S2. The molecule has 0 radical (unpaired) electrons. The van der Waals surface area contributed by atoms with E-state index in [0.717, 1.165) is 20.0 Å². The number of halogens is 2. The molecular weight excluding hydrogens is 442 g/mol. The Labute approximate surface area is 187 Å². The molecule has 2 N–H and O–H groups in total. The maximum atomic E-state index is 15.2. The van der Waals surface area contributed by atoms with Crippen molar-refractivity contribution < 1.29 is 13.9 Å². The quantitative estimate of drug-likeness (QED) is 0.323. The Morgan fingerprint density at radius 3 is 2.61 bits per heavy atom. The van der Waals surface area contributed by atoms with Crippen molar-refractivity contribution in [1.29, 1.82) is 0 Å². The first-order valence-corrected chi connectivity index (χ1v) is 11.9. The highest BCUT2D eigenvalue weighted by atomic mass is 32.2. The number of aliphatic hydroxyl groups excluding tert-OH is 1. The summed E-state index contributed by atoms with van der Waals surface area (Å²) in [6.45, 7) is 0. The fraction of sp³-hybridized carbons (Fsp3) is 0.381. The van der Waals surface area contributed by atoms with Gasteiger partial charge >= 0.3 is 0 Å². The molecule has 1 aliphatic rings. The third kappa shape index (κ3) is 4.86. The Hall–Kier alpha value is -2.17. The number of pyridine rings is 1. The number of anilines is 1.